The van der Waals surface area contributed by atoms with Crippen molar-refractivity contribution in [3.05, 3.63) is 0 Å². The van der Waals surface area contributed by atoms with Crippen LogP contribution in [0.4, 0.5) is 0 Å². The SMILES string of the molecule is CC(C)C1CN[C@H]2C[C@@H](C)CNC3[C@@H](N1C)C32C. The summed E-state index contributed by atoms with van der Waals surface area (Å²) in [5.41, 5.74) is 0.448. The monoisotopic (exact) mass is 251 g/mol. The average molecular weight is 251 g/mol. The van der Waals surface area contributed by atoms with Gasteiger partial charge in [-0.2, -0.15) is 0 Å². The van der Waals surface area contributed by atoms with E-state index >= 15 is 0 Å². The van der Waals surface area contributed by atoms with Crippen LogP contribution in [0.25, 0.3) is 0 Å². The van der Waals surface area contributed by atoms with E-state index in [9.17, 15) is 0 Å². The van der Waals surface area contributed by atoms with Crippen molar-refractivity contribution in [2.45, 2.75) is 58.3 Å². The fourth-order valence-electron chi connectivity index (χ4n) is 4.63. The van der Waals surface area contributed by atoms with Crippen molar-refractivity contribution in [1.29, 1.82) is 0 Å². The van der Waals surface area contributed by atoms with Crippen LogP contribution in [0.3, 0.4) is 0 Å². The highest BCUT2D eigenvalue weighted by atomic mass is 15.3. The second kappa shape index (κ2) is 4.19. The highest BCUT2D eigenvalue weighted by Crippen LogP contribution is 2.56. The van der Waals surface area contributed by atoms with Crippen LogP contribution in [0.5, 0.6) is 0 Å². The molecule has 0 aromatic heterocycles. The van der Waals surface area contributed by atoms with Gasteiger partial charge in [-0.25, -0.2) is 0 Å². The first-order valence-corrected chi connectivity index (χ1v) is 7.65. The molecular weight excluding hydrogens is 222 g/mol. The van der Waals surface area contributed by atoms with Gasteiger partial charge in [0.05, 0.1) is 0 Å². The van der Waals surface area contributed by atoms with Crippen LogP contribution < -0.4 is 10.6 Å². The molecule has 3 nitrogen and oxygen atoms in total. The number of fused-ring (bicyclic) bond motifs is 1. The van der Waals surface area contributed by atoms with Gasteiger partial charge in [0.15, 0.2) is 0 Å². The molecule has 0 bridgehead atoms. The van der Waals surface area contributed by atoms with Gasteiger partial charge < -0.3 is 10.6 Å². The van der Waals surface area contributed by atoms with E-state index in [1.54, 1.807) is 0 Å². The van der Waals surface area contributed by atoms with Crippen LogP contribution in [0.15, 0.2) is 0 Å². The molecule has 3 heteroatoms. The molecule has 1 saturated carbocycles. The molecule has 1 aliphatic carbocycles. The third kappa shape index (κ3) is 1.67. The molecule has 3 fully saturated rings. The lowest BCUT2D eigenvalue weighted by molar-refractivity contribution is 0.176. The molecular formula is C15H29N3. The van der Waals surface area contributed by atoms with Gasteiger partial charge in [-0.15, -0.1) is 0 Å². The van der Waals surface area contributed by atoms with E-state index in [0.29, 0.717) is 23.5 Å². The molecule has 6 atom stereocenters. The summed E-state index contributed by atoms with van der Waals surface area (Å²) in [6, 6.07) is 2.81. The molecule has 104 valence electrons. The van der Waals surface area contributed by atoms with E-state index in [2.05, 4.69) is 50.3 Å². The van der Waals surface area contributed by atoms with Gasteiger partial charge in [-0.1, -0.05) is 27.7 Å². The smallest absolute Gasteiger partial charge is 0.0340 e. The standard InChI is InChI=1S/C15H29N3/c1-9(2)11-8-16-12-6-10(3)7-17-13-14(18(11)5)15(12,13)4/h9-14,16-17H,6-8H2,1-5H3/t10-,11?,12+,13?,14-,15?/m1/s1. The second-order valence-electron chi connectivity index (χ2n) is 7.48. The zero-order valence-electron chi connectivity index (χ0n) is 12.5. The Kier molecular flexibility index (Phi) is 3.00. The Morgan fingerprint density at radius 2 is 1.94 bits per heavy atom. The first-order valence-electron chi connectivity index (χ1n) is 7.65. The number of nitrogens with one attached hydrogen (secondary N) is 2. The first-order chi connectivity index (χ1) is 8.46. The van der Waals surface area contributed by atoms with Crippen LogP contribution in [0.2, 0.25) is 0 Å². The minimum atomic E-state index is 0.448. The molecule has 2 aliphatic heterocycles. The Hall–Kier alpha value is -0.120. The molecule has 0 amide bonds. The Labute approximate surface area is 112 Å². The molecule has 3 rings (SSSR count). The lowest BCUT2D eigenvalue weighted by Gasteiger charge is -2.31. The van der Waals surface area contributed by atoms with E-state index in [-0.39, 0.29) is 0 Å². The predicted octanol–water partition coefficient (Wildman–Crippen LogP) is 1.30. The van der Waals surface area contributed by atoms with E-state index in [1.807, 2.05) is 0 Å². The normalized spacial score (nSPS) is 52.7. The number of hydrogen-bond donors (Lipinski definition) is 2. The summed E-state index contributed by atoms with van der Waals surface area (Å²) in [7, 11) is 2.34. The molecule has 0 aromatic carbocycles. The maximum atomic E-state index is 3.90. The van der Waals surface area contributed by atoms with E-state index in [4.69, 9.17) is 0 Å². The Morgan fingerprint density at radius 1 is 1.22 bits per heavy atom. The summed E-state index contributed by atoms with van der Waals surface area (Å²) in [6.45, 7) is 11.9. The summed E-state index contributed by atoms with van der Waals surface area (Å²) in [5.74, 6) is 1.53. The van der Waals surface area contributed by atoms with Crippen molar-refractivity contribution < 1.29 is 0 Å². The third-order valence-corrected chi connectivity index (χ3v) is 5.89. The Morgan fingerprint density at radius 3 is 2.61 bits per heavy atom. The van der Waals surface area contributed by atoms with Crippen LogP contribution in [0, 0.1) is 17.3 Å². The van der Waals surface area contributed by atoms with Gasteiger partial charge in [0.2, 0.25) is 0 Å². The van der Waals surface area contributed by atoms with Crippen molar-refractivity contribution in [1.82, 2.24) is 15.5 Å². The van der Waals surface area contributed by atoms with Gasteiger partial charge in [0.25, 0.3) is 0 Å². The Bertz CT molecular complexity index is 330. The highest BCUT2D eigenvalue weighted by molar-refractivity contribution is 5.26. The topological polar surface area (TPSA) is 27.3 Å². The predicted molar refractivity (Wildman–Crippen MR) is 75.6 cm³/mol. The third-order valence-electron chi connectivity index (χ3n) is 5.89. The van der Waals surface area contributed by atoms with Gasteiger partial charge >= 0.3 is 0 Å². The molecule has 0 radical (unpaired) electrons. The summed E-state index contributed by atoms with van der Waals surface area (Å²) < 4.78 is 0. The minimum absolute atomic E-state index is 0.448. The minimum Gasteiger partial charge on any atom is -0.312 e. The van der Waals surface area contributed by atoms with Gasteiger partial charge in [-0.05, 0) is 31.8 Å². The number of likely N-dealkylation sites (N-methyl/N-ethyl adjacent to an activating group) is 1. The molecule has 0 aromatic rings. The van der Waals surface area contributed by atoms with Crippen molar-refractivity contribution in [3.8, 4) is 0 Å². The van der Waals surface area contributed by atoms with Crippen LogP contribution in [-0.2, 0) is 0 Å². The number of nitrogens with zero attached hydrogens (tertiary/aromatic N) is 1. The summed E-state index contributed by atoms with van der Waals surface area (Å²) in [4.78, 5) is 2.66. The van der Waals surface area contributed by atoms with Crippen LogP contribution in [0.1, 0.15) is 34.1 Å². The van der Waals surface area contributed by atoms with Gasteiger partial charge in [0, 0.05) is 36.1 Å². The largest absolute Gasteiger partial charge is 0.312 e. The fraction of sp³-hybridized carbons (Fsp3) is 1.00. The molecule has 18 heavy (non-hydrogen) atoms. The van der Waals surface area contributed by atoms with Crippen molar-refractivity contribution >= 4 is 0 Å². The second-order valence-corrected chi connectivity index (χ2v) is 7.48. The quantitative estimate of drug-likeness (QED) is 0.736. The number of rotatable bonds is 1. The van der Waals surface area contributed by atoms with E-state index in [0.717, 1.165) is 24.4 Å². The molecule has 2 N–H and O–H groups in total. The number of hydrogen-bond acceptors (Lipinski definition) is 3. The fourth-order valence-corrected chi connectivity index (χ4v) is 4.63. The summed E-state index contributed by atoms with van der Waals surface area (Å²) >= 11 is 0. The summed E-state index contributed by atoms with van der Waals surface area (Å²) in [6.07, 6.45) is 1.33. The maximum absolute atomic E-state index is 3.90. The van der Waals surface area contributed by atoms with Gasteiger partial charge in [0.1, 0.15) is 0 Å². The first kappa shape index (κ1) is 12.9. The van der Waals surface area contributed by atoms with Crippen molar-refractivity contribution in [2.24, 2.45) is 17.3 Å². The van der Waals surface area contributed by atoms with Crippen molar-refractivity contribution in [3.63, 3.8) is 0 Å². The highest BCUT2D eigenvalue weighted by Gasteiger charge is 2.69. The average Bonchev–Trinajstić information content (AvgIpc) is 2.93. The molecule has 2 saturated heterocycles. The van der Waals surface area contributed by atoms with E-state index < -0.39 is 0 Å². The molecule has 2 heterocycles. The lowest BCUT2D eigenvalue weighted by Crippen LogP contribution is -2.46. The molecule has 3 unspecified atom stereocenters. The zero-order valence-corrected chi connectivity index (χ0v) is 12.5. The van der Waals surface area contributed by atoms with E-state index in [1.165, 1.54) is 13.0 Å². The van der Waals surface area contributed by atoms with Crippen molar-refractivity contribution in [2.75, 3.05) is 20.1 Å². The zero-order chi connectivity index (χ0) is 13.1. The summed E-state index contributed by atoms with van der Waals surface area (Å²) in [5, 5.41) is 7.71. The lowest BCUT2D eigenvalue weighted by atomic mass is 9.90. The van der Waals surface area contributed by atoms with Crippen LogP contribution in [-0.4, -0.2) is 49.2 Å². The maximum Gasteiger partial charge on any atom is 0.0340 e. The van der Waals surface area contributed by atoms with Gasteiger partial charge in [-0.3, -0.25) is 4.90 Å². The molecule has 3 aliphatic rings. The van der Waals surface area contributed by atoms with Crippen LogP contribution >= 0.6 is 0 Å². The Balaban J connectivity index is 1.87. The molecule has 0 spiro atoms.